The first-order valence-corrected chi connectivity index (χ1v) is 10.3. The summed E-state index contributed by atoms with van der Waals surface area (Å²) in [7, 11) is 1.82. The molecule has 156 valence electrons. The highest BCUT2D eigenvalue weighted by Gasteiger charge is 2.25. The van der Waals surface area contributed by atoms with Crippen LogP contribution in [0.25, 0.3) is 22.6 Å². The topological polar surface area (TPSA) is 46.9 Å². The van der Waals surface area contributed by atoms with Crippen molar-refractivity contribution in [1.29, 1.82) is 0 Å². The summed E-state index contributed by atoms with van der Waals surface area (Å²) in [4.78, 5) is 18.2. The minimum absolute atomic E-state index is 0.135. The lowest BCUT2D eigenvalue weighted by Crippen LogP contribution is -2.30. The monoisotopic (exact) mass is 413 g/mol. The van der Waals surface area contributed by atoms with Gasteiger partial charge in [0.15, 0.2) is 0 Å². The third kappa shape index (κ3) is 4.26. The zero-order chi connectivity index (χ0) is 21.8. The summed E-state index contributed by atoms with van der Waals surface area (Å²) in [5, 5.41) is 3.14. The van der Waals surface area contributed by atoms with E-state index in [2.05, 4.69) is 5.32 Å². The Morgan fingerprint density at radius 3 is 2.26 bits per heavy atom. The van der Waals surface area contributed by atoms with Crippen LogP contribution in [0.3, 0.4) is 0 Å². The fourth-order valence-corrected chi connectivity index (χ4v) is 3.77. The van der Waals surface area contributed by atoms with Crippen LogP contribution in [0.1, 0.15) is 35.4 Å². The average molecular weight is 413 g/mol. The van der Waals surface area contributed by atoms with Gasteiger partial charge in [0, 0.05) is 18.2 Å². The van der Waals surface area contributed by atoms with Crippen molar-refractivity contribution in [3.63, 3.8) is 0 Å². The Morgan fingerprint density at radius 1 is 0.968 bits per heavy atom. The van der Waals surface area contributed by atoms with E-state index in [1.807, 2.05) is 74.6 Å². The van der Waals surface area contributed by atoms with Crippen molar-refractivity contribution in [2.24, 2.45) is 7.05 Å². The van der Waals surface area contributed by atoms with Crippen LogP contribution in [0.5, 0.6) is 0 Å². The van der Waals surface area contributed by atoms with Gasteiger partial charge in [0.2, 0.25) is 0 Å². The highest BCUT2D eigenvalue weighted by atomic mass is 19.1. The molecule has 0 aliphatic heterocycles. The van der Waals surface area contributed by atoms with Gasteiger partial charge in [-0.15, -0.1) is 0 Å². The van der Waals surface area contributed by atoms with E-state index in [0.717, 1.165) is 17.5 Å². The van der Waals surface area contributed by atoms with E-state index in [4.69, 9.17) is 4.98 Å². The van der Waals surface area contributed by atoms with Crippen molar-refractivity contribution in [3.05, 3.63) is 102 Å². The van der Waals surface area contributed by atoms with Crippen LogP contribution in [0.4, 0.5) is 4.39 Å². The van der Waals surface area contributed by atoms with Gasteiger partial charge in [0.1, 0.15) is 23.0 Å². The average Bonchev–Trinajstić information content (AvgIpc) is 3.15. The Labute approximate surface area is 181 Å². The van der Waals surface area contributed by atoms with E-state index in [-0.39, 0.29) is 17.8 Å². The lowest BCUT2D eigenvalue weighted by atomic mass is 10.0. The van der Waals surface area contributed by atoms with Gasteiger partial charge >= 0.3 is 0 Å². The van der Waals surface area contributed by atoms with Crippen molar-refractivity contribution in [2.75, 3.05) is 0 Å². The van der Waals surface area contributed by atoms with Gasteiger partial charge < -0.3 is 9.88 Å². The number of imidazole rings is 1. The van der Waals surface area contributed by atoms with E-state index < -0.39 is 0 Å². The summed E-state index contributed by atoms with van der Waals surface area (Å²) in [6.45, 7) is 2.03. The number of nitrogens with one attached hydrogen (secondary N) is 1. The second kappa shape index (κ2) is 8.96. The normalized spacial score (nSPS) is 11.8. The van der Waals surface area contributed by atoms with E-state index >= 15 is 0 Å². The molecule has 0 bridgehead atoms. The molecule has 1 heterocycles. The summed E-state index contributed by atoms with van der Waals surface area (Å²) in [5.41, 5.74) is 3.35. The molecule has 0 spiro atoms. The van der Waals surface area contributed by atoms with Gasteiger partial charge in [0.05, 0.1) is 6.04 Å². The van der Waals surface area contributed by atoms with Crippen molar-refractivity contribution >= 4 is 5.91 Å². The zero-order valence-corrected chi connectivity index (χ0v) is 17.5. The minimum atomic E-state index is -0.369. The van der Waals surface area contributed by atoms with Crippen molar-refractivity contribution in [1.82, 2.24) is 14.9 Å². The molecule has 4 nitrogen and oxygen atoms in total. The third-order valence-electron chi connectivity index (χ3n) is 5.36. The maximum Gasteiger partial charge on any atom is 0.270 e. The molecule has 0 saturated heterocycles. The van der Waals surface area contributed by atoms with Crippen LogP contribution in [-0.2, 0) is 7.05 Å². The quantitative estimate of drug-likeness (QED) is 0.436. The molecule has 0 radical (unpaired) electrons. The van der Waals surface area contributed by atoms with Gasteiger partial charge in [-0.2, -0.15) is 0 Å². The molecule has 1 N–H and O–H groups in total. The molecule has 4 aromatic rings. The highest BCUT2D eigenvalue weighted by Crippen LogP contribution is 2.30. The molecule has 31 heavy (non-hydrogen) atoms. The van der Waals surface area contributed by atoms with E-state index in [1.54, 1.807) is 16.7 Å². The third-order valence-corrected chi connectivity index (χ3v) is 5.36. The maximum atomic E-state index is 14.0. The zero-order valence-electron chi connectivity index (χ0n) is 17.5. The number of rotatable bonds is 6. The fraction of sp³-hybridized carbons (Fsp3) is 0.154. The number of aromatic nitrogens is 2. The molecule has 1 unspecified atom stereocenters. The predicted octanol–water partition coefficient (Wildman–Crippen LogP) is 5.77. The Bertz CT molecular complexity index is 1190. The molecule has 0 aliphatic carbocycles. The van der Waals surface area contributed by atoms with Crippen LogP contribution in [0.15, 0.2) is 84.9 Å². The number of carbonyl (C=O) groups excluding carboxylic acids is 1. The van der Waals surface area contributed by atoms with Crippen molar-refractivity contribution in [2.45, 2.75) is 19.4 Å². The van der Waals surface area contributed by atoms with Gasteiger partial charge in [-0.25, -0.2) is 9.37 Å². The lowest BCUT2D eigenvalue weighted by Gasteiger charge is -2.18. The number of hydrogen-bond acceptors (Lipinski definition) is 2. The molecule has 1 amide bonds. The number of hydrogen-bond donors (Lipinski definition) is 1. The summed E-state index contributed by atoms with van der Waals surface area (Å²) in [5.74, 6) is 0.0383. The van der Waals surface area contributed by atoms with Crippen molar-refractivity contribution < 1.29 is 9.18 Å². The fourth-order valence-electron chi connectivity index (χ4n) is 3.77. The Balaban J connectivity index is 1.80. The molecule has 0 aliphatic rings. The van der Waals surface area contributed by atoms with E-state index in [9.17, 15) is 9.18 Å². The Kier molecular flexibility index (Phi) is 5.94. The molecule has 1 atom stereocenters. The largest absolute Gasteiger partial charge is 0.344 e. The van der Waals surface area contributed by atoms with Gasteiger partial charge in [-0.3, -0.25) is 4.79 Å². The molecule has 0 saturated carbocycles. The number of carbonyl (C=O) groups is 1. The molecule has 4 rings (SSSR count). The number of benzene rings is 3. The predicted molar refractivity (Wildman–Crippen MR) is 121 cm³/mol. The summed E-state index contributed by atoms with van der Waals surface area (Å²) in [6, 6.07) is 25.6. The molecule has 1 aromatic heterocycles. The standard InChI is InChI=1S/C26H24FN3O/c1-3-22(18-11-6-4-7-12-18)28-26(31)24-23(20-15-10-16-21(27)17-20)29-25(30(24)2)19-13-8-5-9-14-19/h4-17,22H,3H2,1-2H3,(H,28,31). The minimum Gasteiger partial charge on any atom is -0.344 e. The van der Waals surface area contributed by atoms with Crippen LogP contribution in [-0.4, -0.2) is 15.5 Å². The first kappa shape index (κ1) is 20.5. The highest BCUT2D eigenvalue weighted by molar-refractivity contribution is 5.99. The first-order chi connectivity index (χ1) is 15.1. The molecule has 3 aromatic carbocycles. The van der Waals surface area contributed by atoms with Gasteiger partial charge in [-0.05, 0) is 24.1 Å². The number of halogens is 1. The SMILES string of the molecule is CCC(NC(=O)c1c(-c2cccc(F)c2)nc(-c2ccccc2)n1C)c1ccccc1. The Morgan fingerprint density at radius 2 is 1.61 bits per heavy atom. The summed E-state index contributed by atoms with van der Waals surface area (Å²) in [6.07, 6.45) is 0.744. The van der Waals surface area contributed by atoms with Crippen LogP contribution in [0.2, 0.25) is 0 Å². The molecular formula is C26H24FN3O. The molecule has 0 fully saturated rings. The summed E-state index contributed by atoms with van der Waals surface area (Å²) < 4.78 is 15.7. The summed E-state index contributed by atoms with van der Waals surface area (Å²) >= 11 is 0. The first-order valence-electron chi connectivity index (χ1n) is 10.3. The molecule has 5 heteroatoms. The second-order valence-corrected chi connectivity index (χ2v) is 7.41. The van der Waals surface area contributed by atoms with Crippen LogP contribution >= 0.6 is 0 Å². The lowest BCUT2D eigenvalue weighted by molar-refractivity contribution is 0.0928. The number of nitrogens with zero attached hydrogens (tertiary/aromatic N) is 2. The van der Waals surface area contributed by atoms with E-state index in [0.29, 0.717) is 22.8 Å². The maximum absolute atomic E-state index is 14.0. The number of amides is 1. The van der Waals surface area contributed by atoms with Crippen LogP contribution < -0.4 is 5.32 Å². The van der Waals surface area contributed by atoms with Gasteiger partial charge in [0.25, 0.3) is 5.91 Å². The van der Waals surface area contributed by atoms with Crippen molar-refractivity contribution in [3.8, 4) is 22.6 Å². The Hall–Kier alpha value is -3.73. The smallest absolute Gasteiger partial charge is 0.270 e. The molecular weight excluding hydrogens is 389 g/mol. The van der Waals surface area contributed by atoms with Gasteiger partial charge in [-0.1, -0.05) is 79.7 Å². The van der Waals surface area contributed by atoms with Crippen LogP contribution in [0, 0.1) is 5.82 Å². The second-order valence-electron chi connectivity index (χ2n) is 7.41. The van der Waals surface area contributed by atoms with E-state index in [1.165, 1.54) is 12.1 Å².